The molecule has 4 rings (SSSR count). The molecule has 2 aromatic rings. The summed E-state index contributed by atoms with van der Waals surface area (Å²) in [7, 11) is 0. The van der Waals surface area contributed by atoms with Gasteiger partial charge >= 0.3 is 0 Å². The van der Waals surface area contributed by atoms with E-state index in [4.69, 9.17) is 17.3 Å². The highest BCUT2D eigenvalue weighted by molar-refractivity contribution is 6.30. The number of benzene rings is 1. The van der Waals surface area contributed by atoms with Gasteiger partial charge in [-0.1, -0.05) is 23.7 Å². The van der Waals surface area contributed by atoms with Gasteiger partial charge in [-0.2, -0.15) is 4.98 Å². The van der Waals surface area contributed by atoms with Crippen molar-refractivity contribution >= 4 is 23.4 Å². The van der Waals surface area contributed by atoms with Gasteiger partial charge in [-0.05, 0) is 62.3 Å². The quantitative estimate of drug-likeness (QED) is 0.868. The average molecular weight is 386 g/mol. The lowest BCUT2D eigenvalue weighted by Gasteiger charge is -2.35. The van der Waals surface area contributed by atoms with Crippen LogP contribution in [0.4, 0.5) is 11.8 Å². The van der Waals surface area contributed by atoms with Crippen molar-refractivity contribution in [3.63, 3.8) is 0 Å². The van der Waals surface area contributed by atoms with E-state index in [2.05, 4.69) is 31.9 Å². The number of aromatic nitrogens is 2. The molecule has 27 heavy (non-hydrogen) atoms. The minimum Gasteiger partial charge on any atom is -0.368 e. The normalized spacial score (nSPS) is 21.7. The van der Waals surface area contributed by atoms with Crippen LogP contribution in [0.3, 0.4) is 0 Å². The van der Waals surface area contributed by atoms with Gasteiger partial charge in [0.15, 0.2) is 0 Å². The lowest BCUT2D eigenvalue weighted by molar-refractivity contribution is 0.252. The fourth-order valence-corrected chi connectivity index (χ4v) is 4.70. The van der Waals surface area contributed by atoms with Gasteiger partial charge in [-0.15, -0.1) is 0 Å². The lowest BCUT2D eigenvalue weighted by atomic mass is 9.84. The second kappa shape index (κ2) is 8.03. The topological polar surface area (TPSA) is 58.3 Å². The summed E-state index contributed by atoms with van der Waals surface area (Å²) in [6, 6.07) is 10.3. The maximum absolute atomic E-state index is 5.99. The van der Waals surface area contributed by atoms with Crippen molar-refractivity contribution in [2.75, 3.05) is 36.8 Å². The molecule has 2 aliphatic heterocycles. The third kappa shape index (κ3) is 4.53. The number of anilines is 2. The SMILES string of the molecule is Cc1cc(N2CCC([C@@H]3CCN(Cc4ccc(Cl)cc4)C3)CC2)nc(N)n1. The zero-order chi connectivity index (χ0) is 18.8. The van der Waals surface area contributed by atoms with Crippen LogP contribution >= 0.6 is 11.6 Å². The first-order chi connectivity index (χ1) is 13.1. The molecular formula is C21H28ClN5. The van der Waals surface area contributed by atoms with Crippen LogP contribution in [0.2, 0.25) is 5.02 Å². The summed E-state index contributed by atoms with van der Waals surface area (Å²) >= 11 is 5.99. The lowest BCUT2D eigenvalue weighted by Crippen LogP contribution is -2.37. The van der Waals surface area contributed by atoms with Gasteiger partial charge in [0.05, 0.1) is 0 Å². The van der Waals surface area contributed by atoms with E-state index in [9.17, 15) is 0 Å². The van der Waals surface area contributed by atoms with Gasteiger partial charge in [0.1, 0.15) is 5.82 Å². The Balaban J connectivity index is 1.29. The van der Waals surface area contributed by atoms with Crippen molar-refractivity contribution in [1.82, 2.24) is 14.9 Å². The summed E-state index contributed by atoms with van der Waals surface area (Å²) in [5, 5.41) is 0.811. The highest BCUT2D eigenvalue weighted by Crippen LogP contribution is 2.33. The number of likely N-dealkylation sites (tertiary alicyclic amines) is 1. The molecule has 6 heteroatoms. The Kier molecular flexibility index (Phi) is 5.50. The first-order valence-corrected chi connectivity index (χ1v) is 10.3. The summed E-state index contributed by atoms with van der Waals surface area (Å²) in [4.78, 5) is 13.6. The van der Waals surface area contributed by atoms with Crippen molar-refractivity contribution in [2.24, 2.45) is 11.8 Å². The molecule has 5 nitrogen and oxygen atoms in total. The number of halogens is 1. The van der Waals surface area contributed by atoms with Gasteiger partial charge in [-0.3, -0.25) is 4.90 Å². The summed E-state index contributed by atoms with van der Waals surface area (Å²) in [6.45, 7) is 7.55. The number of rotatable bonds is 4. The van der Waals surface area contributed by atoms with E-state index in [0.29, 0.717) is 5.95 Å². The molecule has 2 N–H and O–H groups in total. The fraction of sp³-hybridized carbons (Fsp3) is 0.524. The number of nitrogens with two attached hydrogens (primary N) is 1. The van der Waals surface area contributed by atoms with Crippen molar-refractivity contribution in [1.29, 1.82) is 0 Å². The van der Waals surface area contributed by atoms with Crippen LogP contribution in [-0.2, 0) is 6.54 Å². The van der Waals surface area contributed by atoms with Crippen molar-refractivity contribution < 1.29 is 0 Å². The Bertz CT molecular complexity index is 750. The third-order valence-electron chi connectivity index (χ3n) is 6.02. The van der Waals surface area contributed by atoms with Crippen LogP contribution in [-0.4, -0.2) is 41.0 Å². The van der Waals surface area contributed by atoms with E-state index in [1.54, 1.807) is 0 Å². The highest BCUT2D eigenvalue weighted by atomic mass is 35.5. The Morgan fingerprint density at radius 1 is 1.04 bits per heavy atom. The maximum Gasteiger partial charge on any atom is 0.222 e. The predicted octanol–water partition coefficient (Wildman–Crippen LogP) is 3.76. The third-order valence-corrected chi connectivity index (χ3v) is 6.27. The van der Waals surface area contributed by atoms with Gasteiger partial charge in [0, 0.05) is 43.0 Å². The predicted molar refractivity (Wildman–Crippen MR) is 111 cm³/mol. The van der Waals surface area contributed by atoms with Crippen molar-refractivity contribution in [3.8, 4) is 0 Å². The molecule has 0 amide bonds. The summed E-state index contributed by atoms with van der Waals surface area (Å²) < 4.78 is 0. The van der Waals surface area contributed by atoms with E-state index < -0.39 is 0 Å². The molecule has 0 saturated carbocycles. The summed E-state index contributed by atoms with van der Waals surface area (Å²) in [6.07, 6.45) is 3.79. The van der Waals surface area contributed by atoms with E-state index in [-0.39, 0.29) is 0 Å². The zero-order valence-electron chi connectivity index (χ0n) is 15.9. The molecule has 1 aromatic heterocycles. The van der Waals surface area contributed by atoms with E-state index in [1.807, 2.05) is 25.1 Å². The van der Waals surface area contributed by atoms with Gasteiger partial charge in [0.25, 0.3) is 0 Å². The molecular weight excluding hydrogens is 358 g/mol. The van der Waals surface area contributed by atoms with Crippen molar-refractivity contribution in [3.05, 3.63) is 46.6 Å². The molecule has 0 aliphatic carbocycles. The molecule has 0 unspecified atom stereocenters. The van der Waals surface area contributed by atoms with E-state index in [0.717, 1.165) is 48.0 Å². The van der Waals surface area contributed by atoms with Gasteiger partial charge < -0.3 is 10.6 Å². The minimum absolute atomic E-state index is 0.376. The van der Waals surface area contributed by atoms with Crippen LogP contribution in [0.25, 0.3) is 0 Å². The molecule has 0 spiro atoms. The molecule has 2 saturated heterocycles. The standard InChI is InChI=1S/C21H28ClN5/c1-15-12-20(25-21(23)24-15)27-10-7-17(8-11-27)18-6-9-26(14-18)13-16-2-4-19(22)5-3-16/h2-5,12,17-18H,6-11,13-14H2,1H3,(H2,23,24,25)/t18-/m1/s1. The monoisotopic (exact) mass is 385 g/mol. The van der Waals surface area contributed by atoms with E-state index in [1.165, 1.54) is 37.9 Å². The summed E-state index contributed by atoms with van der Waals surface area (Å²) in [5.41, 5.74) is 8.11. The molecule has 144 valence electrons. The molecule has 2 fully saturated rings. The van der Waals surface area contributed by atoms with Crippen LogP contribution in [0.15, 0.2) is 30.3 Å². The number of nitrogen functional groups attached to an aromatic ring is 1. The molecule has 1 atom stereocenters. The second-order valence-corrected chi connectivity index (χ2v) is 8.40. The molecule has 2 aliphatic rings. The summed E-state index contributed by atoms with van der Waals surface area (Å²) in [5.74, 6) is 2.99. The Morgan fingerprint density at radius 3 is 2.44 bits per heavy atom. The van der Waals surface area contributed by atoms with Crippen LogP contribution < -0.4 is 10.6 Å². The van der Waals surface area contributed by atoms with Crippen LogP contribution in [0, 0.1) is 18.8 Å². The molecule has 0 radical (unpaired) electrons. The Morgan fingerprint density at radius 2 is 1.74 bits per heavy atom. The maximum atomic E-state index is 5.99. The molecule has 1 aromatic carbocycles. The highest BCUT2D eigenvalue weighted by Gasteiger charge is 2.32. The number of hydrogen-bond acceptors (Lipinski definition) is 5. The molecule has 0 bridgehead atoms. The number of nitrogens with zero attached hydrogens (tertiary/aromatic N) is 4. The van der Waals surface area contributed by atoms with E-state index >= 15 is 0 Å². The number of aryl methyl sites for hydroxylation is 1. The second-order valence-electron chi connectivity index (χ2n) is 7.96. The van der Waals surface area contributed by atoms with Crippen LogP contribution in [0.5, 0.6) is 0 Å². The Hall–Kier alpha value is -1.85. The largest absolute Gasteiger partial charge is 0.368 e. The van der Waals surface area contributed by atoms with Crippen LogP contribution in [0.1, 0.15) is 30.5 Å². The number of hydrogen-bond donors (Lipinski definition) is 1. The van der Waals surface area contributed by atoms with Gasteiger partial charge in [0.2, 0.25) is 5.95 Å². The fourth-order valence-electron chi connectivity index (χ4n) is 4.58. The number of piperidine rings is 1. The average Bonchev–Trinajstić information content (AvgIpc) is 3.11. The Labute approximate surface area is 166 Å². The van der Waals surface area contributed by atoms with Gasteiger partial charge in [-0.25, -0.2) is 4.98 Å². The first kappa shape index (κ1) is 18.5. The smallest absolute Gasteiger partial charge is 0.222 e. The first-order valence-electron chi connectivity index (χ1n) is 9.90. The zero-order valence-corrected chi connectivity index (χ0v) is 16.7. The minimum atomic E-state index is 0.376. The molecule has 3 heterocycles. The van der Waals surface area contributed by atoms with Crippen molar-refractivity contribution in [2.45, 2.75) is 32.7 Å².